The maximum Gasteiger partial charge on any atom is 0.242 e. The van der Waals surface area contributed by atoms with Crippen LogP contribution in [0.3, 0.4) is 0 Å². The highest BCUT2D eigenvalue weighted by Gasteiger charge is 2.42. The van der Waals surface area contributed by atoms with Crippen molar-refractivity contribution in [2.75, 3.05) is 11.9 Å². The zero-order valence-electron chi connectivity index (χ0n) is 15.9. The molecule has 2 fully saturated rings. The predicted molar refractivity (Wildman–Crippen MR) is 117 cm³/mol. The second-order valence-corrected chi connectivity index (χ2v) is 9.08. The van der Waals surface area contributed by atoms with Crippen LogP contribution in [0.15, 0.2) is 23.2 Å². The van der Waals surface area contributed by atoms with Crippen molar-refractivity contribution in [2.24, 2.45) is 4.99 Å². The van der Waals surface area contributed by atoms with E-state index in [4.69, 9.17) is 23.2 Å². The Morgan fingerprint density at radius 3 is 2.57 bits per heavy atom. The highest BCUT2D eigenvalue weighted by molar-refractivity contribution is 8.15. The fourth-order valence-corrected chi connectivity index (χ4v) is 5.23. The van der Waals surface area contributed by atoms with Gasteiger partial charge in [0.05, 0.1) is 10.0 Å². The third-order valence-electron chi connectivity index (χ3n) is 5.02. The molecule has 3 rings (SSSR count). The van der Waals surface area contributed by atoms with Crippen molar-refractivity contribution in [3.05, 3.63) is 28.2 Å². The van der Waals surface area contributed by atoms with Gasteiger partial charge in [0.25, 0.3) is 0 Å². The Labute approximate surface area is 180 Å². The number of nitrogens with one attached hydrogen (secondary N) is 1. The van der Waals surface area contributed by atoms with E-state index in [9.17, 15) is 9.59 Å². The van der Waals surface area contributed by atoms with Gasteiger partial charge in [-0.25, -0.2) is 0 Å². The van der Waals surface area contributed by atoms with Gasteiger partial charge in [0.1, 0.15) is 5.25 Å². The van der Waals surface area contributed by atoms with Gasteiger partial charge in [-0.3, -0.25) is 19.5 Å². The summed E-state index contributed by atoms with van der Waals surface area (Å²) in [5.41, 5.74) is 0.568. The fourth-order valence-electron chi connectivity index (χ4n) is 3.67. The lowest BCUT2D eigenvalue weighted by atomic mass is 10.1. The highest BCUT2D eigenvalue weighted by atomic mass is 35.5. The van der Waals surface area contributed by atoms with Gasteiger partial charge in [-0.05, 0) is 38.0 Å². The summed E-state index contributed by atoms with van der Waals surface area (Å²) in [6.07, 6.45) is 6.86. The van der Waals surface area contributed by atoms with Crippen LogP contribution in [0.1, 0.15) is 51.9 Å². The maximum atomic E-state index is 13.1. The number of benzene rings is 1. The largest absolute Gasteiger partial charge is 0.326 e. The van der Waals surface area contributed by atoms with E-state index >= 15 is 0 Å². The van der Waals surface area contributed by atoms with E-state index in [-0.39, 0.29) is 24.3 Å². The molecule has 2 amide bonds. The number of amides is 2. The molecule has 1 aromatic rings. The van der Waals surface area contributed by atoms with E-state index in [2.05, 4.69) is 10.3 Å². The molecule has 1 aliphatic carbocycles. The van der Waals surface area contributed by atoms with Gasteiger partial charge in [0.15, 0.2) is 5.17 Å². The molecule has 28 heavy (non-hydrogen) atoms. The number of thioether (sulfide) groups is 1. The number of anilines is 1. The van der Waals surface area contributed by atoms with Crippen LogP contribution >= 0.6 is 35.0 Å². The minimum absolute atomic E-state index is 0.00777. The van der Waals surface area contributed by atoms with Crippen LogP contribution in [0.5, 0.6) is 0 Å². The first-order valence-corrected chi connectivity index (χ1v) is 11.4. The molecular weight excluding hydrogens is 417 g/mol. The van der Waals surface area contributed by atoms with E-state index in [1.807, 2.05) is 11.8 Å². The first kappa shape index (κ1) is 21.5. The summed E-state index contributed by atoms with van der Waals surface area (Å²) >= 11 is 13.3. The van der Waals surface area contributed by atoms with Gasteiger partial charge in [-0.2, -0.15) is 0 Å². The Balaban J connectivity index is 1.67. The molecule has 8 heteroatoms. The average molecular weight is 442 g/mol. The predicted octanol–water partition coefficient (Wildman–Crippen LogP) is 5.36. The van der Waals surface area contributed by atoms with Gasteiger partial charge in [0.2, 0.25) is 11.8 Å². The summed E-state index contributed by atoms with van der Waals surface area (Å²) < 4.78 is 0. The van der Waals surface area contributed by atoms with Crippen LogP contribution < -0.4 is 5.32 Å². The topological polar surface area (TPSA) is 61.8 Å². The van der Waals surface area contributed by atoms with Crippen molar-refractivity contribution in [1.82, 2.24) is 4.90 Å². The van der Waals surface area contributed by atoms with E-state index < -0.39 is 5.25 Å². The molecule has 1 atom stereocenters. The van der Waals surface area contributed by atoms with Crippen molar-refractivity contribution in [3.63, 3.8) is 0 Å². The summed E-state index contributed by atoms with van der Waals surface area (Å²) in [5.74, 6) is -0.212. The van der Waals surface area contributed by atoms with Gasteiger partial charge in [-0.1, -0.05) is 60.6 Å². The number of carbonyl (C=O) groups excluding carboxylic acids is 2. The van der Waals surface area contributed by atoms with Crippen LogP contribution in [-0.4, -0.2) is 39.7 Å². The monoisotopic (exact) mass is 441 g/mol. The van der Waals surface area contributed by atoms with Gasteiger partial charge >= 0.3 is 0 Å². The highest BCUT2D eigenvalue weighted by Crippen LogP contribution is 2.35. The normalized spacial score (nSPS) is 22.5. The smallest absolute Gasteiger partial charge is 0.242 e. The molecule has 0 aromatic heterocycles. The van der Waals surface area contributed by atoms with Crippen LogP contribution in [0.25, 0.3) is 0 Å². The molecule has 0 spiro atoms. The van der Waals surface area contributed by atoms with Crippen molar-refractivity contribution in [3.8, 4) is 0 Å². The number of hydrogen-bond donors (Lipinski definition) is 1. The molecular formula is C20H25Cl2N3O2S. The summed E-state index contributed by atoms with van der Waals surface area (Å²) in [6, 6.07) is 5.13. The fraction of sp³-hybridized carbons (Fsp3) is 0.550. The first-order valence-electron chi connectivity index (χ1n) is 9.78. The summed E-state index contributed by atoms with van der Waals surface area (Å²) in [4.78, 5) is 32.0. The number of aliphatic imine (C=N–C) groups is 1. The third-order valence-corrected chi connectivity index (χ3v) is 6.95. The third kappa shape index (κ3) is 5.22. The molecule has 1 heterocycles. The summed E-state index contributed by atoms with van der Waals surface area (Å²) in [7, 11) is 0. The van der Waals surface area contributed by atoms with E-state index in [0.717, 1.165) is 30.9 Å². The van der Waals surface area contributed by atoms with E-state index in [0.29, 0.717) is 22.3 Å². The number of carbonyl (C=O) groups is 2. The minimum atomic E-state index is -0.434. The molecule has 5 nitrogen and oxygen atoms in total. The Bertz CT molecular complexity index is 764. The molecule has 2 aliphatic rings. The van der Waals surface area contributed by atoms with Crippen LogP contribution in [0.2, 0.25) is 10.0 Å². The van der Waals surface area contributed by atoms with Crippen molar-refractivity contribution in [1.29, 1.82) is 0 Å². The Hall–Kier alpha value is -1.24. The van der Waals surface area contributed by atoms with E-state index in [1.165, 1.54) is 24.6 Å². The molecule has 1 N–H and O–H groups in total. The number of halogens is 2. The maximum absolute atomic E-state index is 13.1. The zero-order valence-corrected chi connectivity index (χ0v) is 18.2. The van der Waals surface area contributed by atoms with Crippen molar-refractivity contribution < 1.29 is 9.59 Å². The van der Waals surface area contributed by atoms with Gasteiger partial charge < -0.3 is 5.32 Å². The SMILES string of the molecule is CCN=C1S[C@@H](CC(=O)Nc2ccc(Cl)c(Cl)c2)C(=O)N1C1CCCCCC1. The van der Waals surface area contributed by atoms with Crippen LogP contribution in [0, 0.1) is 0 Å². The molecule has 152 valence electrons. The number of rotatable bonds is 5. The van der Waals surface area contributed by atoms with Crippen molar-refractivity contribution >= 4 is 57.6 Å². The molecule has 1 aromatic carbocycles. The number of amidine groups is 1. The summed E-state index contributed by atoms with van der Waals surface area (Å²) in [5, 5.41) is 3.95. The Morgan fingerprint density at radius 2 is 1.93 bits per heavy atom. The molecule has 0 radical (unpaired) electrons. The molecule has 1 saturated heterocycles. The molecule has 0 unspecified atom stereocenters. The molecule has 1 aliphatic heterocycles. The van der Waals surface area contributed by atoms with Crippen molar-refractivity contribution in [2.45, 2.75) is 63.2 Å². The standard InChI is InChI=1S/C20H25Cl2N3O2S/c1-2-23-20-25(14-7-5-3-4-6-8-14)19(27)17(28-20)12-18(26)24-13-9-10-15(21)16(22)11-13/h9-11,14,17H,2-8,12H2,1H3,(H,24,26)/t17-/m0/s1. The lowest BCUT2D eigenvalue weighted by molar-refractivity contribution is -0.129. The lowest BCUT2D eigenvalue weighted by Crippen LogP contribution is -2.41. The number of nitrogens with zero attached hydrogens (tertiary/aromatic N) is 2. The number of hydrogen-bond acceptors (Lipinski definition) is 4. The second kappa shape index (κ2) is 9.99. The zero-order chi connectivity index (χ0) is 20.1. The first-order chi connectivity index (χ1) is 13.5. The Morgan fingerprint density at radius 1 is 1.21 bits per heavy atom. The average Bonchev–Trinajstić information content (AvgIpc) is 2.83. The Kier molecular flexibility index (Phi) is 7.66. The second-order valence-electron chi connectivity index (χ2n) is 7.10. The van der Waals surface area contributed by atoms with Crippen LogP contribution in [-0.2, 0) is 9.59 Å². The van der Waals surface area contributed by atoms with E-state index in [1.54, 1.807) is 18.2 Å². The lowest BCUT2D eigenvalue weighted by Gasteiger charge is -2.26. The minimum Gasteiger partial charge on any atom is -0.326 e. The quantitative estimate of drug-likeness (QED) is 0.624. The van der Waals surface area contributed by atoms with Gasteiger partial charge in [0, 0.05) is 24.7 Å². The molecule has 1 saturated carbocycles. The molecule has 0 bridgehead atoms. The summed E-state index contributed by atoms with van der Waals surface area (Å²) in [6.45, 7) is 2.59. The van der Waals surface area contributed by atoms with Gasteiger partial charge in [-0.15, -0.1) is 0 Å². The van der Waals surface area contributed by atoms with Crippen LogP contribution in [0.4, 0.5) is 5.69 Å².